The number of carboxylic acids is 1. The molecule has 2 aromatic carbocycles. The highest BCUT2D eigenvalue weighted by Gasteiger charge is 2.48. The molecule has 25 N–H and O–H groups in total. The second-order valence-electron chi connectivity index (χ2n) is 36.8. The van der Waals surface area contributed by atoms with Crippen LogP contribution >= 0.6 is 33.2 Å². The van der Waals surface area contributed by atoms with Crippen LogP contribution in [0.25, 0.3) is 0 Å². The second kappa shape index (κ2) is 58.7. The number of fused-ring (bicyclic) bond motifs is 1. The highest BCUT2D eigenvalue weighted by molar-refractivity contribution is 8.76. The first-order chi connectivity index (χ1) is 66.7. The van der Waals surface area contributed by atoms with Crippen molar-refractivity contribution in [2.24, 2.45) is 34.8 Å². The first-order valence-electron chi connectivity index (χ1n) is 48.5. The van der Waals surface area contributed by atoms with Gasteiger partial charge in [-0.25, -0.2) is 0 Å². The van der Waals surface area contributed by atoms with Gasteiger partial charge in [-0.05, 0) is 184 Å². The van der Waals surface area contributed by atoms with Crippen molar-refractivity contribution < 1.29 is 101 Å². The maximum Gasteiger partial charge on any atom is 0.303 e. The smallest absolute Gasteiger partial charge is 0.303 e. The molecule has 0 bridgehead atoms. The normalized spacial score (nSPS) is 24.1. The molecule has 18 amide bonds. The first kappa shape index (κ1) is 115. The SMILES string of the molecule is CCCC[C@@H]1NC(=O)C(CCCCN)NC(=O)[C@@H](CCCNC(=N)N)NC(=O)C(CC(C)C)NC(=O)[C@@H](NC(=O)[C@H](Cc2cccc(Cl)c2)NC(=O)[C@@H]2CCCN2C(=O)[C@@H](NC(C)=O)C(C)C)CCSSC[C@@H](C(=O)N[C@@H](CCCCN)C(=O)N2CCC[C@H]2C(=O)N2CCC[C@H]2C(=O)N[C@H](CCC(=O)O)C(N)=O)NC(=O)C(Cc2ccccc2)NC(=O)[C@@H](CO)NC(=O)[C@H](C)NC(=O)[C@@H]2CCCN2C1=O. The van der Waals surface area contributed by atoms with Crippen LogP contribution in [0.5, 0.6) is 0 Å². The number of rotatable bonds is 39. The van der Waals surface area contributed by atoms with Crippen LogP contribution in [0.15, 0.2) is 54.6 Å². The number of guanidine groups is 1. The molecule has 0 saturated carbocycles. The van der Waals surface area contributed by atoms with Gasteiger partial charge in [0.2, 0.25) is 106 Å². The predicted molar refractivity (Wildman–Crippen MR) is 522 cm³/mol. The number of carboxylic acid groups (broad SMARTS) is 1. The van der Waals surface area contributed by atoms with Gasteiger partial charge in [-0.15, -0.1) is 0 Å². The molecule has 17 atom stereocenters. The Labute approximate surface area is 828 Å². The van der Waals surface area contributed by atoms with Crippen LogP contribution < -0.4 is 97.4 Å². The van der Waals surface area contributed by atoms with Crippen molar-refractivity contribution in [1.82, 2.24) is 94.0 Å². The van der Waals surface area contributed by atoms with Crippen molar-refractivity contribution in [2.75, 3.05) is 63.9 Å². The minimum atomic E-state index is -1.84. The van der Waals surface area contributed by atoms with Crippen LogP contribution in [0, 0.1) is 17.2 Å². The number of primary amides is 1. The summed E-state index contributed by atoms with van der Waals surface area (Å²) in [7, 11) is 1.93. The van der Waals surface area contributed by atoms with Crippen LogP contribution in [-0.4, -0.2) is 315 Å². The van der Waals surface area contributed by atoms with Crippen molar-refractivity contribution in [3.8, 4) is 0 Å². The van der Waals surface area contributed by atoms with Crippen molar-refractivity contribution in [2.45, 2.75) is 312 Å². The van der Waals surface area contributed by atoms with Gasteiger partial charge in [0.25, 0.3) is 0 Å². The number of nitrogens with one attached hydrogen (secondary N) is 15. The largest absolute Gasteiger partial charge is 0.481 e. The summed E-state index contributed by atoms with van der Waals surface area (Å²) < 4.78 is 0. The Balaban J connectivity index is 1.34. The Morgan fingerprint density at radius 3 is 1.71 bits per heavy atom. The molecule has 140 heavy (non-hydrogen) atoms. The lowest BCUT2D eigenvalue weighted by Crippen LogP contribution is -2.61. The highest BCUT2D eigenvalue weighted by Crippen LogP contribution is 2.30. The van der Waals surface area contributed by atoms with E-state index in [-0.39, 0.29) is 166 Å². The van der Waals surface area contributed by atoms with E-state index in [2.05, 4.69) is 74.4 Å². The van der Waals surface area contributed by atoms with Gasteiger partial charge in [-0.3, -0.25) is 96.5 Å². The molecule has 0 radical (unpaired) electrons. The van der Waals surface area contributed by atoms with Crippen molar-refractivity contribution in [1.29, 1.82) is 5.41 Å². The van der Waals surface area contributed by atoms with E-state index >= 15 is 33.6 Å². The predicted octanol–water partition coefficient (Wildman–Crippen LogP) is -2.03. The molecule has 776 valence electrons. The Morgan fingerprint density at radius 2 is 1.10 bits per heavy atom. The lowest BCUT2D eigenvalue weighted by Gasteiger charge is -2.33. The van der Waals surface area contributed by atoms with Gasteiger partial charge in [-0.1, -0.05) is 123 Å². The van der Waals surface area contributed by atoms with E-state index in [9.17, 15) is 67.7 Å². The van der Waals surface area contributed by atoms with E-state index in [0.717, 1.165) is 21.6 Å². The third-order valence-corrected chi connectivity index (χ3v) is 27.7. The van der Waals surface area contributed by atoms with Crippen LogP contribution in [-0.2, 0) is 104 Å². The first-order valence-corrected chi connectivity index (χ1v) is 51.3. The van der Waals surface area contributed by atoms with E-state index < -0.39 is 252 Å². The van der Waals surface area contributed by atoms with Gasteiger partial charge in [0.05, 0.1) is 6.61 Å². The highest BCUT2D eigenvalue weighted by atomic mass is 35.5. The lowest BCUT2D eigenvalue weighted by molar-refractivity contribution is -0.148. The monoisotopic (exact) mass is 2020 g/mol. The molecule has 5 saturated heterocycles. The topological polar surface area (TPSA) is 674 Å². The van der Waals surface area contributed by atoms with Crippen LogP contribution in [0.1, 0.15) is 207 Å². The van der Waals surface area contributed by atoms with Crippen LogP contribution in [0.4, 0.5) is 0 Å². The zero-order valence-electron chi connectivity index (χ0n) is 80.9. The molecule has 7 rings (SSSR count). The van der Waals surface area contributed by atoms with Gasteiger partial charge in [0.15, 0.2) is 5.96 Å². The number of halogens is 1. The molecule has 5 fully saturated rings. The third kappa shape index (κ3) is 36.2. The number of hydrogen-bond acceptors (Lipinski definition) is 25. The zero-order chi connectivity index (χ0) is 103. The standard InChI is InChI=1S/C93H144ClN23O21S2/c1-8-9-27-63-89(135)114-41-19-31-70(114)86(132)101-54(6)77(123)112-68(50-118)84(130)110-66(48-56-23-11-10-12-24-56)83(129)113-69(85(131)108-64(29-14-16-39-96)90(136)117-44-22-34-73(117)91(137)115-42-20-32-71(115)87(133)103-59(76(97)122)35-36-74(120)121)51-140-139-45-37-62(80(126)109-65(46-52(2)3)81(127)105-61(30-18-40-100-93(98)99)78(124)104-60(79(125)107-63)28-13-15-38-95)106-82(128)67(49-57-25-17-26-58(94)47-57)111-88(134)72-33-21-43-116(72)92(138)75(53(4)5)102-55(7)119/h10-12,17,23-26,47,52-54,59-73,75,118H,8-9,13-16,18-22,27-46,48-51,95-96H2,1-7H3,(H2,97,122)(H,101,132)(H,102,119)(H,103,133)(H,104,124)(H,105,127)(H,106,128)(H,107,125)(H,108,131)(H,109,126)(H,110,130)(H,111,134)(H,112,123)(H,113,129)(H,120,121)(H4,98,99,100)/t54-,59+,60?,61+,62-,63-,64-,65?,66?,67-,68+,69-,70-,71-,72-,73-,75-/m0/s1. The molecule has 5 aliphatic heterocycles. The maximum absolute atomic E-state index is 15.7. The molecule has 0 aromatic heterocycles. The molecule has 2 aromatic rings. The van der Waals surface area contributed by atoms with E-state index in [1.165, 1.54) is 33.4 Å². The molecule has 0 spiro atoms. The summed E-state index contributed by atoms with van der Waals surface area (Å²) >= 11 is 6.54. The fourth-order valence-electron chi connectivity index (χ4n) is 17.5. The van der Waals surface area contributed by atoms with Gasteiger partial charge in [0.1, 0.15) is 103 Å². The minimum absolute atomic E-state index is 0.00894. The molecule has 5 heterocycles. The number of aliphatic carboxylic acids is 1. The summed E-state index contributed by atoms with van der Waals surface area (Å²) in [6, 6.07) is -9.66. The number of unbranched alkanes of at least 4 members (excludes halogenated alkanes) is 3. The number of carbonyl (C=O) groups excluding carboxylic acids is 18. The maximum atomic E-state index is 15.7. The fraction of sp³-hybridized carbons (Fsp3) is 0.656. The Morgan fingerprint density at radius 1 is 0.550 bits per heavy atom. The van der Waals surface area contributed by atoms with Gasteiger partial charge < -0.3 is 127 Å². The van der Waals surface area contributed by atoms with Crippen LogP contribution in [0.3, 0.4) is 0 Å². The number of carbonyl (C=O) groups is 19. The van der Waals surface area contributed by atoms with E-state index in [1.807, 2.05) is 6.92 Å². The number of nitrogens with two attached hydrogens (primary N) is 4. The number of amides is 18. The quantitative estimate of drug-likeness (QED) is 0.0149. The lowest BCUT2D eigenvalue weighted by atomic mass is 10.0. The number of hydrogen-bond donors (Lipinski definition) is 21. The molecular formula is C93H144ClN23O21S2. The van der Waals surface area contributed by atoms with Gasteiger partial charge >= 0.3 is 5.97 Å². The van der Waals surface area contributed by atoms with E-state index in [4.69, 9.17) is 39.9 Å². The van der Waals surface area contributed by atoms with E-state index in [0.29, 0.717) is 56.1 Å². The summed E-state index contributed by atoms with van der Waals surface area (Å²) in [5.74, 6) is -18.2. The average molecular weight is 2020 g/mol. The summed E-state index contributed by atoms with van der Waals surface area (Å²) in [6.45, 7) is 10.8. The number of benzene rings is 2. The Bertz CT molecular complexity index is 4620. The van der Waals surface area contributed by atoms with Gasteiger partial charge in [-0.2, -0.15) is 0 Å². The molecule has 5 aliphatic rings. The molecular weight excluding hydrogens is 1870 g/mol. The van der Waals surface area contributed by atoms with Gasteiger partial charge in [0, 0.05) is 75.4 Å². The zero-order valence-corrected chi connectivity index (χ0v) is 83.2. The minimum Gasteiger partial charge on any atom is -0.481 e. The summed E-state index contributed by atoms with van der Waals surface area (Å²) in [5.41, 5.74) is 24.1. The average Bonchev–Trinajstić information content (AvgIpc) is 1.65. The Kier molecular flexibility index (Phi) is 48.4. The van der Waals surface area contributed by atoms with Crippen molar-refractivity contribution >= 4 is 151 Å². The van der Waals surface area contributed by atoms with E-state index in [1.54, 1.807) is 82.3 Å². The molecule has 44 nitrogen and oxygen atoms in total. The Hall–Kier alpha value is -11.5. The molecule has 3 unspecified atom stereocenters. The fourth-order valence-corrected chi connectivity index (χ4v) is 19.9. The number of likely N-dealkylation sites (tertiary alicyclic amines) is 3. The summed E-state index contributed by atoms with van der Waals surface area (Å²) in [4.78, 5) is 281. The molecule has 47 heteroatoms. The summed E-state index contributed by atoms with van der Waals surface area (Å²) in [6.07, 6.45) is 1.79. The molecule has 0 aliphatic carbocycles. The van der Waals surface area contributed by atoms with Crippen molar-refractivity contribution in [3.05, 3.63) is 70.7 Å². The third-order valence-electron chi connectivity index (χ3n) is 25.0. The number of aliphatic hydroxyl groups is 1. The number of aliphatic hydroxyl groups excluding tert-OH is 1. The second-order valence-corrected chi connectivity index (χ2v) is 39.9. The number of nitrogens with zero attached hydrogens (tertiary/aromatic N) is 4. The van der Waals surface area contributed by atoms with Crippen molar-refractivity contribution in [3.63, 3.8) is 0 Å². The van der Waals surface area contributed by atoms with Crippen LogP contribution in [0.2, 0.25) is 5.02 Å². The summed E-state index contributed by atoms with van der Waals surface area (Å²) in [5, 5.41) is 66.3.